The first-order valence-electron chi connectivity index (χ1n) is 4.24. The minimum atomic E-state index is -0.905. The number of hydrogen-bond acceptors (Lipinski definition) is 3. The van der Waals surface area contributed by atoms with Crippen LogP contribution in [0.4, 0.5) is 0 Å². The van der Waals surface area contributed by atoms with E-state index in [4.69, 9.17) is 4.74 Å². The van der Waals surface area contributed by atoms with E-state index in [2.05, 4.69) is 10.2 Å². The van der Waals surface area contributed by atoms with Gasteiger partial charge in [0, 0.05) is 6.07 Å². The summed E-state index contributed by atoms with van der Waals surface area (Å²) < 4.78 is 5.54. The average Bonchev–Trinajstić information content (AvgIpc) is 2.35. The second-order valence-electron chi connectivity index (χ2n) is 4.09. The molecule has 1 aromatic heterocycles. The van der Waals surface area contributed by atoms with E-state index in [1.165, 1.54) is 0 Å². The van der Waals surface area contributed by atoms with Gasteiger partial charge in [-0.25, -0.2) is 5.10 Å². The predicted octanol–water partition coefficient (Wildman–Crippen LogP) is 1.34. The summed E-state index contributed by atoms with van der Waals surface area (Å²) in [4.78, 5) is 0. The molecule has 1 rings (SSSR count). The molecular formula is C9H16N2O2. The van der Waals surface area contributed by atoms with Crippen molar-refractivity contribution in [1.29, 1.82) is 0 Å². The Balaban J connectivity index is 2.73. The van der Waals surface area contributed by atoms with Gasteiger partial charge in [0.1, 0.15) is 5.60 Å². The molecule has 4 nitrogen and oxygen atoms in total. The van der Waals surface area contributed by atoms with Crippen LogP contribution in [0, 0.1) is 0 Å². The molecule has 13 heavy (non-hydrogen) atoms. The van der Waals surface area contributed by atoms with Gasteiger partial charge in [-0.1, -0.05) is 0 Å². The first-order chi connectivity index (χ1) is 5.83. The van der Waals surface area contributed by atoms with Crippen molar-refractivity contribution in [2.45, 2.75) is 38.9 Å². The second kappa shape index (κ2) is 3.03. The quantitative estimate of drug-likeness (QED) is 0.745. The largest absolute Gasteiger partial charge is 0.469 e. The molecule has 0 aromatic carbocycles. The molecule has 0 radical (unpaired) electrons. The highest BCUT2D eigenvalue weighted by Crippen LogP contribution is 2.26. The van der Waals surface area contributed by atoms with Crippen molar-refractivity contribution in [1.82, 2.24) is 10.2 Å². The Bertz CT molecular complexity index is 260. The van der Waals surface area contributed by atoms with Crippen molar-refractivity contribution >= 4 is 0 Å². The number of nitrogens with one attached hydrogen (secondary N) is 1. The molecule has 74 valence electrons. The molecule has 0 saturated carbocycles. The maximum Gasteiger partial charge on any atom is 0.209 e. The second-order valence-corrected chi connectivity index (χ2v) is 4.09. The maximum atomic E-state index is 9.78. The van der Waals surface area contributed by atoms with Gasteiger partial charge in [-0.15, -0.1) is 0 Å². The summed E-state index contributed by atoms with van der Waals surface area (Å²) in [5.41, 5.74) is -1.56. The Labute approximate surface area is 77.9 Å². The fourth-order valence-corrected chi connectivity index (χ4v) is 0.700. The molecule has 0 atom stereocenters. The van der Waals surface area contributed by atoms with Crippen molar-refractivity contribution in [3.8, 4) is 5.88 Å². The van der Waals surface area contributed by atoms with Gasteiger partial charge in [-0.05, 0) is 27.7 Å². The van der Waals surface area contributed by atoms with Crippen LogP contribution in [0.25, 0.3) is 0 Å². The molecule has 0 unspecified atom stereocenters. The molecule has 0 amide bonds. The minimum Gasteiger partial charge on any atom is -0.469 e. The Hall–Kier alpha value is -1.03. The predicted molar refractivity (Wildman–Crippen MR) is 49.6 cm³/mol. The Morgan fingerprint density at radius 1 is 1.38 bits per heavy atom. The smallest absolute Gasteiger partial charge is 0.209 e. The highest BCUT2D eigenvalue weighted by molar-refractivity contribution is 5.07. The monoisotopic (exact) mass is 184 g/mol. The molecule has 0 aliphatic heterocycles. The van der Waals surface area contributed by atoms with E-state index >= 15 is 0 Å². The van der Waals surface area contributed by atoms with E-state index in [-0.39, 0.29) is 0 Å². The number of H-pyrrole nitrogens is 1. The fourth-order valence-electron chi connectivity index (χ4n) is 0.700. The summed E-state index contributed by atoms with van der Waals surface area (Å²) in [7, 11) is 0. The Morgan fingerprint density at radius 2 is 2.00 bits per heavy atom. The Morgan fingerprint density at radius 3 is 2.38 bits per heavy atom. The molecule has 0 saturated heterocycles. The normalized spacial score (nSPS) is 13.0. The summed E-state index contributed by atoms with van der Waals surface area (Å²) in [6.07, 6.45) is 1.61. The third-order valence-electron chi connectivity index (χ3n) is 2.31. The summed E-state index contributed by atoms with van der Waals surface area (Å²) in [6.45, 7) is 7.08. The molecular weight excluding hydrogens is 168 g/mol. The number of rotatable bonds is 3. The van der Waals surface area contributed by atoms with Crippen molar-refractivity contribution in [2.75, 3.05) is 0 Å². The topological polar surface area (TPSA) is 58.1 Å². The standard InChI is InChI=1S/C9H16N2O2/c1-8(2,12)9(3,4)13-7-5-6-10-11-7/h5-6,12H,1-4H3,(H,10,11). The van der Waals surface area contributed by atoms with E-state index in [9.17, 15) is 5.11 Å². The lowest BCUT2D eigenvalue weighted by atomic mass is 9.89. The summed E-state index contributed by atoms with van der Waals surface area (Å²) in [5.74, 6) is 0.562. The molecule has 0 aliphatic carbocycles. The van der Waals surface area contributed by atoms with Gasteiger partial charge >= 0.3 is 0 Å². The number of hydrogen-bond donors (Lipinski definition) is 2. The van der Waals surface area contributed by atoms with Gasteiger partial charge in [0.25, 0.3) is 0 Å². The molecule has 2 N–H and O–H groups in total. The van der Waals surface area contributed by atoms with Gasteiger partial charge in [0.15, 0.2) is 0 Å². The van der Waals surface area contributed by atoms with Crippen molar-refractivity contribution in [3.63, 3.8) is 0 Å². The zero-order chi connectivity index (χ0) is 10.1. The van der Waals surface area contributed by atoms with Gasteiger partial charge < -0.3 is 9.84 Å². The van der Waals surface area contributed by atoms with Crippen LogP contribution in [0.5, 0.6) is 5.88 Å². The summed E-state index contributed by atoms with van der Waals surface area (Å²) in [5, 5.41) is 16.2. The number of aromatic amines is 1. The molecule has 0 aliphatic rings. The first-order valence-corrected chi connectivity index (χ1v) is 4.24. The van der Waals surface area contributed by atoms with Crippen molar-refractivity contribution in [3.05, 3.63) is 12.3 Å². The van der Waals surface area contributed by atoms with Gasteiger partial charge in [0.05, 0.1) is 11.8 Å². The summed E-state index contributed by atoms with van der Waals surface area (Å²) >= 11 is 0. The molecule has 0 bridgehead atoms. The van der Waals surface area contributed by atoms with E-state index in [0.29, 0.717) is 5.88 Å². The highest BCUT2D eigenvalue weighted by atomic mass is 16.5. The molecule has 1 heterocycles. The van der Waals surface area contributed by atoms with Crippen LogP contribution in [-0.2, 0) is 0 Å². The number of aliphatic hydroxyl groups is 1. The van der Waals surface area contributed by atoms with Crippen LogP contribution in [-0.4, -0.2) is 26.5 Å². The zero-order valence-electron chi connectivity index (χ0n) is 8.46. The van der Waals surface area contributed by atoms with Crippen molar-refractivity contribution in [2.24, 2.45) is 0 Å². The third kappa shape index (κ3) is 2.21. The first kappa shape index (κ1) is 10.1. The number of nitrogens with zero attached hydrogens (tertiary/aromatic N) is 1. The van der Waals surface area contributed by atoms with Crippen LogP contribution in [0.3, 0.4) is 0 Å². The fraction of sp³-hybridized carbons (Fsp3) is 0.667. The SMILES string of the molecule is CC(C)(O)C(C)(C)Oc1ccn[nH]1. The van der Waals surface area contributed by atoms with Gasteiger partial charge in [-0.2, -0.15) is 5.10 Å². The summed E-state index contributed by atoms with van der Waals surface area (Å²) in [6, 6.07) is 1.72. The molecule has 0 fully saturated rings. The number of aromatic nitrogens is 2. The van der Waals surface area contributed by atoms with Crippen LogP contribution >= 0.6 is 0 Å². The van der Waals surface area contributed by atoms with E-state index in [1.54, 1.807) is 26.1 Å². The van der Waals surface area contributed by atoms with Crippen molar-refractivity contribution < 1.29 is 9.84 Å². The van der Waals surface area contributed by atoms with Crippen LogP contribution in [0.2, 0.25) is 0 Å². The van der Waals surface area contributed by atoms with E-state index < -0.39 is 11.2 Å². The van der Waals surface area contributed by atoms with Crippen LogP contribution < -0.4 is 4.74 Å². The van der Waals surface area contributed by atoms with E-state index in [1.807, 2.05) is 13.8 Å². The third-order valence-corrected chi connectivity index (χ3v) is 2.31. The lowest BCUT2D eigenvalue weighted by molar-refractivity contribution is -0.0925. The zero-order valence-corrected chi connectivity index (χ0v) is 8.46. The van der Waals surface area contributed by atoms with Crippen LogP contribution in [0.1, 0.15) is 27.7 Å². The average molecular weight is 184 g/mol. The van der Waals surface area contributed by atoms with E-state index in [0.717, 1.165) is 0 Å². The molecule has 4 heteroatoms. The lowest BCUT2D eigenvalue weighted by Crippen LogP contribution is -2.49. The van der Waals surface area contributed by atoms with Gasteiger partial charge in [0.2, 0.25) is 5.88 Å². The highest BCUT2D eigenvalue weighted by Gasteiger charge is 2.37. The molecule has 0 spiro atoms. The van der Waals surface area contributed by atoms with Gasteiger partial charge in [-0.3, -0.25) is 0 Å². The minimum absolute atomic E-state index is 0.562. The van der Waals surface area contributed by atoms with Crippen LogP contribution in [0.15, 0.2) is 12.3 Å². The maximum absolute atomic E-state index is 9.78. The lowest BCUT2D eigenvalue weighted by Gasteiger charge is -2.36. The number of ether oxygens (including phenoxy) is 1. The Kier molecular flexibility index (Phi) is 2.34. The molecule has 1 aromatic rings.